The second-order valence-electron chi connectivity index (χ2n) is 8.59. The van der Waals surface area contributed by atoms with Gasteiger partial charge in [-0.15, -0.1) is 0 Å². The van der Waals surface area contributed by atoms with Crippen LogP contribution in [0.15, 0.2) is 60.7 Å². The second-order valence-corrected chi connectivity index (χ2v) is 8.59. The van der Waals surface area contributed by atoms with E-state index in [4.69, 9.17) is 9.47 Å². The molecule has 2 aliphatic rings. The maximum atomic E-state index is 13.0. The molecule has 1 saturated heterocycles. The molecule has 2 aliphatic heterocycles. The van der Waals surface area contributed by atoms with E-state index in [0.29, 0.717) is 19.8 Å². The van der Waals surface area contributed by atoms with Crippen molar-refractivity contribution in [1.29, 1.82) is 0 Å². The number of hydrogen-bond donors (Lipinski definition) is 1. The summed E-state index contributed by atoms with van der Waals surface area (Å²) in [6, 6.07) is 19.9. The molecule has 6 heteroatoms. The summed E-state index contributed by atoms with van der Waals surface area (Å²) in [5, 5.41) is 5.00. The highest BCUT2D eigenvalue weighted by Crippen LogP contribution is 2.37. The van der Waals surface area contributed by atoms with Crippen LogP contribution in [0.3, 0.4) is 0 Å². The van der Waals surface area contributed by atoms with Gasteiger partial charge in [0.15, 0.2) is 11.5 Å². The Bertz CT molecular complexity index is 1170. The molecule has 0 radical (unpaired) electrons. The summed E-state index contributed by atoms with van der Waals surface area (Å²) in [4.78, 5) is 27.5. The van der Waals surface area contributed by atoms with E-state index in [1.165, 1.54) is 0 Å². The van der Waals surface area contributed by atoms with Crippen molar-refractivity contribution < 1.29 is 19.1 Å². The zero-order valence-corrected chi connectivity index (χ0v) is 18.6. The van der Waals surface area contributed by atoms with E-state index in [2.05, 4.69) is 5.32 Å². The van der Waals surface area contributed by atoms with Gasteiger partial charge in [0.2, 0.25) is 11.8 Å². The van der Waals surface area contributed by atoms with Crippen molar-refractivity contribution in [2.75, 3.05) is 26.3 Å². The van der Waals surface area contributed by atoms with E-state index in [1.807, 2.05) is 65.6 Å². The van der Waals surface area contributed by atoms with Gasteiger partial charge in [-0.05, 0) is 46.9 Å². The van der Waals surface area contributed by atoms with Gasteiger partial charge in [-0.3, -0.25) is 9.59 Å². The minimum absolute atomic E-state index is 0.00461. The van der Waals surface area contributed by atoms with Crippen molar-refractivity contribution in [3.63, 3.8) is 0 Å². The largest absolute Gasteiger partial charge is 0.490 e. The maximum absolute atomic E-state index is 13.0. The number of carbonyl (C=O) groups is 2. The molecule has 5 rings (SSSR count). The molecule has 0 bridgehead atoms. The fraction of sp³-hybridized carbons (Fsp3) is 0.333. The van der Waals surface area contributed by atoms with Crippen LogP contribution in [-0.4, -0.2) is 43.0 Å². The number of nitrogens with one attached hydrogen (secondary N) is 1. The SMILES string of the molecule is O=C(Cc1cccc2ccccc12)NCC(=O)N1CCCC1c1ccc2c(c1)OCCCO2. The molecule has 0 spiro atoms. The normalized spacial score (nSPS) is 17.6. The summed E-state index contributed by atoms with van der Waals surface area (Å²) < 4.78 is 11.6. The van der Waals surface area contributed by atoms with Crippen LogP contribution in [0.25, 0.3) is 10.8 Å². The number of ether oxygens (including phenoxy) is 2. The zero-order chi connectivity index (χ0) is 22.6. The summed E-state index contributed by atoms with van der Waals surface area (Å²) >= 11 is 0. The Morgan fingerprint density at radius 1 is 0.939 bits per heavy atom. The van der Waals surface area contributed by atoms with Gasteiger partial charge in [0.05, 0.1) is 32.2 Å². The van der Waals surface area contributed by atoms with Crippen LogP contribution in [0.2, 0.25) is 0 Å². The number of rotatable bonds is 5. The molecule has 0 aromatic heterocycles. The number of benzene rings is 3. The maximum Gasteiger partial charge on any atom is 0.242 e. The molecule has 1 fully saturated rings. The van der Waals surface area contributed by atoms with Gasteiger partial charge in [-0.1, -0.05) is 48.5 Å². The van der Waals surface area contributed by atoms with Gasteiger partial charge in [-0.2, -0.15) is 0 Å². The topological polar surface area (TPSA) is 67.9 Å². The Labute approximate surface area is 193 Å². The summed E-state index contributed by atoms with van der Waals surface area (Å²) in [7, 11) is 0. The van der Waals surface area contributed by atoms with Crippen LogP contribution in [0.5, 0.6) is 11.5 Å². The summed E-state index contributed by atoms with van der Waals surface area (Å²) in [5.74, 6) is 1.29. The van der Waals surface area contributed by atoms with E-state index in [1.54, 1.807) is 0 Å². The van der Waals surface area contributed by atoms with E-state index >= 15 is 0 Å². The molecular weight excluding hydrogens is 416 g/mol. The smallest absolute Gasteiger partial charge is 0.242 e. The lowest BCUT2D eigenvalue weighted by molar-refractivity contribution is -0.133. The fourth-order valence-corrected chi connectivity index (χ4v) is 4.76. The van der Waals surface area contributed by atoms with Gasteiger partial charge in [-0.25, -0.2) is 0 Å². The molecular formula is C27H28N2O4. The van der Waals surface area contributed by atoms with Gasteiger partial charge in [0.1, 0.15) is 0 Å². The van der Waals surface area contributed by atoms with E-state index in [9.17, 15) is 9.59 Å². The molecule has 0 saturated carbocycles. The first-order valence-electron chi connectivity index (χ1n) is 11.6. The minimum atomic E-state index is -0.147. The molecule has 1 N–H and O–H groups in total. The Morgan fingerprint density at radius 3 is 2.67 bits per heavy atom. The van der Waals surface area contributed by atoms with Gasteiger partial charge in [0, 0.05) is 13.0 Å². The second kappa shape index (κ2) is 9.53. The zero-order valence-electron chi connectivity index (χ0n) is 18.6. The Balaban J connectivity index is 1.22. The highest BCUT2D eigenvalue weighted by Gasteiger charge is 2.30. The lowest BCUT2D eigenvalue weighted by Gasteiger charge is -2.26. The molecule has 2 amide bonds. The van der Waals surface area contributed by atoms with Crippen molar-refractivity contribution in [2.45, 2.75) is 31.7 Å². The fourth-order valence-electron chi connectivity index (χ4n) is 4.76. The Morgan fingerprint density at radius 2 is 1.76 bits per heavy atom. The Kier molecular flexibility index (Phi) is 6.15. The highest BCUT2D eigenvalue weighted by molar-refractivity contribution is 5.91. The highest BCUT2D eigenvalue weighted by atomic mass is 16.5. The summed E-state index contributed by atoms with van der Waals surface area (Å²) in [6.07, 6.45) is 2.95. The van der Waals surface area contributed by atoms with Gasteiger partial charge >= 0.3 is 0 Å². The number of hydrogen-bond acceptors (Lipinski definition) is 4. The van der Waals surface area contributed by atoms with Crippen molar-refractivity contribution >= 4 is 22.6 Å². The van der Waals surface area contributed by atoms with Gasteiger partial charge in [0.25, 0.3) is 0 Å². The molecule has 33 heavy (non-hydrogen) atoms. The number of amides is 2. The van der Waals surface area contributed by atoms with Crippen LogP contribution in [-0.2, 0) is 16.0 Å². The molecule has 3 aromatic rings. The number of nitrogens with zero attached hydrogens (tertiary/aromatic N) is 1. The van der Waals surface area contributed by atoms with Crippen molar-refractivity contribution in [2.24, 2.45) is 0 Å². The van der Waals surface area contributed by atoms with Gasteiger partial charge < -0.3 is 19.7 Å². The Hall–Kier alpha value is -3.54. The van der Waals surface area contributed by atoms with Crippen LogP contribution in [0.4, 0.5) is 0 Å². The van der Waals surface area contributed by atoms with Crippen LogP contribution in [0, 0.1) is 0 Å². The van der Waals surface area contributed by atoms with Crippen molar-refractivity contribution in [1.82, 2.24) is 10.2 Å². The summed E-state index contributed by atoms with van der Waals surface area (Å²) in [5.41, 5.74) is 2.01. The molecule has 170 valence electrons. The number of fused-ring (bicyclic) bond motifs is 2. The predicted octanol–water partition coefficient (Wildman–Crippen LogP) is 4.02. The number of carbonyl (C=O) groups excluding carboxylic acids is 2. The van der Waals surface area contributed by atoms with Crippen LogP contribution >= 0.6 is 0 Å². The molecule has 1 atom stereocenters. The molecule has 1 unspecified atom stereocenters. The third-order valence-electron chi connectivity index (χ3n) is 6.40. The lowest BCUT2D eigenvalue weighted by Crippen LogP contribution is -2.40. The van der Waals surface area contributed by atoms with E-state index in [0.717, 1.165) is 52.7 Å². The van der Waals surface area contributed by atoms with Crippen LogP contribution in [0.1, 0.15) is 36.4 Å². The molecule has 6 nitrogen and oxygen atoms in total. The molecule has 3 aromatic carbocycles. The van der Waals surface area contributed by atoms with Crippen molar-refractivity contribution in [3.8, 4) is 11.5 Å². The third kappa shape index (κ3) is 4.65. The predicted molar refractivity (Wildman–Crippen MR) is 126 cm³/mol. The molecule has 2 heterocycles. The quantitative estimate of drug-likeness (QED) is 0.645. The monoisotopic (exact) mass is 444 g/mol. The van der Waals surface area contributed by atoms with E-state index in [-0.39, 0.29) is 30.8 Å². The number of likely N-dealkylation sites (tertiary alicyclic amines) is 1. The average Bonchev–Trinajstić information content (AvgIpc) is 3.21. The third-order valence-corrected chi connectivity index (χ3v) is 6.40. The minimum Gasteiger partial charge on any atom is -0.490 e. The first kappa shape index (κ1) is 21.3. The first-order chi connectivity index (χ1) is 16.2. The first-order valence-corrected chi connectivity index (χ1v) is 11.6. The lowest BCUT2D eigenvalue weighted by atomic mass is 10.0. The standard InChI is InChI=1S/C27H28N2O4/c30-26(17-20-8-3-7-19-6-1-2-9-22(19)20)28-18-27(31)29-13-4-10-23(29)21-11-12-24-25(16-21)33-15-5-14-32-24/h1-3,6-9,11-12,16,23H,4-5,10,13-15,17-18H2,(H,28,30). The van der Waals surface area contributed by atoms with Crippen LogP contribution < -0.4 is 14.8 Å². The van der Waals surface area contributed by atoms with E-state index < -0.39 is 0 Å². The molecule has 0 aliphatic carbocycles. The van der Waals surface area contributed by atoms with Crippen molar-refractivity contribution in [3.05, 3.63) is 71.8 Å². The average molecular weight is 445 g/mol. The summed E-state index contributed by atoms with van der Waals surface area (Å²) in [6.45, 7) is 1.98.